The van der Waals surface area contributed by atoms with Crippen molar-refractivity contribution in [3.05, 3.63) is 59.9 Å². The van der Waals surface area contributed by atoms with Gasteiger partial charge >= 0.3 is 5.97 Å². The number of nitriles is 1. The molecule has 0 N–H and O–H groups in total. The van der Waals surface area contributed by atoms with Gasteiger partial charge in [0, 0.05) is 0 Å². The van der Waals surface area contributed by atoms with Crippen LogP contribution in [-0.4, -0.2) is 25.8 Å². The highest BCUT2D eigenvalue weighted by atomic mass is 19.1. The van der Waals surface area contributed by atoms with Gasteiger partial charge in [-0.1, -0.05) is 0 Å². The number of carbonyl (C=O) groups is 1. The molecule has 0 saturated heterocycles. The number of benzene rings is 2. The summed E-state index contributed by atoms with van der Waals surface area (Å²) in [5.41, 5.74) is 0.512. The van der Waals surface area contributed by atoms with Crippen molar-refractivity contribution in [1.29, 1.82) is 5.26 Å². The van der Waals surface area contributed by atoms with Crippen molar-refractivity contribution in [2.24, 2.45) is 0 Å². The summed E-state index contributed by atoms with van der Waals surface area (Å²) in [6.45, 7) is -0.0103. The van der Waals surface area contributed by atoms with Gasteiger partial charge < -0.3 is 14.2 Å². The van der Waals surface area contributed by atoms with Gasteiger partial charge in [0.25, 0.3) is 0 Å². The van der Waals surface area contributed by atoms with E-state index in [1.54, 1.807) is 24.3 Å². The second kappa shape index (κ2) is 8.39. The van der Waals surface area contributed by atoms with Gasteiger partial charge in [0.2, 0.25) is 0 Å². The van der Waals surface area contributed by atoms with Crippen molar-refractivity contribution >= 4 is 5.97 Å². The van der Waals surface area contributed by atoms with Gasteiger partial charge in [-0.05, 0) is 48.5 Å². The van der Waals surface area contributed by atoms with E-state index < -0.39 is 5.97 Å². The van der Waals surface area contributed by atoms with Crippen LogP contribution < -0.4 is 9.47 Å². The monoisotopic (exact) mass is 315 g/mol. The molecule has 0 aromatic heterocycles. The Balaban J connectivity index is 1.63. The molecule has 0 bridgehead atoms. The zero-order valence-electron chi connectivity index (χ0n) is 12.2. The molecular formula is C17H14FNO4. The first kappa shape index (κ1) is 16.3. The topological polar surface area (TPSA) is 68.5 Å². The third kappa shape index (κ3) is 5.67. The quantitative estimate of drug-likeness (QED) is 0.580. The second-order valence-corrected chi connectivity index (χ2v) is 4.45. The summed E-state index contributed by atoms with van der Waals surface area (Å²) in [5.74, 6) is 0.0978. The predicted octanol–water partition coefficient (Wildman–Crippen LogP) is 2.70. The Morgan fingerprint density at radius 1 is 0.957 bits per heavy atom. The first-order chi connectivity index (χ1) is 11.2. The zero-order valence-corrected chi connectivity index (χ0v) is 12.2. The predicted molar refractivity (Wildman–Crippen MR) is 79.5 cm³/mol. The Kier molecular flexibility index (Phi) is 5.95. The van der Waals surface area contributed by atoms with E-state index in [1.165, 1.54) is 24.3 Å². The van der Waals surface area contributed by atoms with E-state index in [2.05, 4.69) is 0 Å². The van der Waals surface area contributed by atoms with Gasteiger partial charge in [0.05, 0.1) is 11.6 Å². The van der Waals surface area contributed by atoms with Crippen LogP contribution in [0, 0.1) is 17.1 Å². The molecule has 0 heterocycles. The normalized spacial score (nSPS) is 9.74. The van der Waals surface area contributed by atoms with Crippen LogP contribution >= 0.6 is 0 Å². The van der Waals surface area contributed by atoms with Gasteiger partial charge in [-0.2, -0.15) is 5.26 Å². The minimum Gasteiger partial charge on any atom is -0.490 e. The molecule has 2 aromatic carbocycles. The molecule has 2 rings (SSSR count). The van der Waals surface area contributed by atoms with E-state index in [0.717, 1.165) is 0 Å². The Hall–Kier alpha value is -3.07. The van der Waals surface area contributed by atoms with Crippen LogP contribution in [0.2, 0.25) is 0 Å². The summed E-state index contributed by atoms with van der Waals surface area (Å²) < 4.78 is 28.1. The van der Waals surface area contributed by atoms with Gasteiger partial charge in [0.15, 0.2) is 6.61 Å². The number of hydrogen-bond donors (Lipinski definition) is 0. The first-order valence-electron chi connectivity index (χ1n) is 6.84. The number of halogens is 1. The number of nitrogens with zero attached hydrogens (tertiary/aromatic N) is 1. The largest absolute Gasteiger partial charge is 0.490 e. The van der Waals surface area contributed by atoms with Crippen LogP contribution in [0.5, 0.6) is 11.5 Å². The molecule has 118 valence electrons. The van der Waals surface area contributed by atoms with E-state index in [9.17, 15) is 9.18 Å². The number of hydrogen-bond acceptors (Lipinski definition) is 5. The average molecular weight is 315 g/mol. The molecule has 0 spiro atoms. The van der Waals surface area contributed by atoms with Gasteiger partial charge in [-0.3, -0.25) is 0 Å². The summed E-state index contributed by atoms with van der Waals surface area (Å²) >= 11 is 0. The maximum Gasteiger partial charge on any atom is 0.344 e. The van der Waals surface area contributed by atoms with Crippen LogP contribution in [0.1, 0.15) is 5.56 Å². The van der Waals surface area contributed by atoms with Crippen molar-refractivity contribution in [3.63, 3.8) is 0 Å². The van der Waals surface area contributed by atoms with Crippen molar-refractivity contribution in [2.45, 2.75) is 0 Å². The second-order valence-electron chi connectivity index (χ2n) is 4.45. The molecule has 0 aliphatic heterocycles. The summed E-state index contributed by atoms with van der Waals surface area (Å²) in [4.78, 5) is 11.5. The molecule has 23 heavy (non-hydrogen) atoms. The first-order valence-corrected chi connectivity index (χ1v) is 6.84. The molecule has 0 radical (unpaired) electrons. The third-order valence-corrected chi connectivity index (χ3v) is 2.77. The van der Waals surface area contributed by atoms with Crippen molar-refractivity contribution in [2.75, 3.05) is 19.8 Å². The lowest BCUT2D eigenvalue weighted by molar-refractivity contribution is -0.146. The lowest BCUT2D eigenvalue weighted by Crippen LogP contribution is -2.18. The van der Waals surface area contributed by atoms with Crippen molar-refractivity contribution in [3.8, 4) is 17.6 Å². The van der Waals surface area contributed by atoms with Crippen LogP contribution in [0.15, 0.2) is 48.5 Å². The highest BCUT2D eigenvalue weighted by Crippen LogP contribution is 2.12. The molecule has 6 heteroatoms. The summed E-state index contributed by atoms with van der Waals surface area (Å²) in [5, 5.41) is 8.67. The molecular weight excluding hydrogens is 301 g/mol. The van der Waals surface area contributed by atoms with Crippen LogP contribution in [0.3, 0.4) is 0 Å². The zero-order chi connectivity index (χ0) is 16.5. The minimum atomic E-state index is -0.530. The van der Waals surface area contributed by atoms with E-state index in [1.807, 2.05) is 6.07 Å². The summed E-state index contributed by atoms with van der Waals surface area (Å²) in [6.07, 6.45) is 0. The fourth-order valence-corrected chi connectivity index (χ4v) is 1.66. The number of carbonyl (C=O) groups excluding carboxylic acids is 1. The lowest BCUT2D eigenvalue weighted by atomic mass is 10.2. The van der Waals surface area contributed by atoms with Crippen molar-refractivity contribution < 1.29 is 23.4 Å². The van der Waals surface area contributed by atoms with Crippen LogP contribution in [0.25, 0.3) is 0 Å². The van der Waals surface area contributed by atoms with E-state index in [0.29, 0.717) is 17.1 Å². The molecule has 0 unspecified atom stereocenters. The van der Waals surface area contributed by atoms with Gasteiger partial charge in [0.1, 0.15) is 30.5 Å². The van der Waals surface area contributed by atoms with Gasteiger partial charge in [-0.15, -0.1) is 0 Å². The Bertz CT molecular complexity index is 677. The van der Waals surface area contributed by atoms with Crippen molar-refractivity contribution in [1.82, 2.24) is 0 Å². The molecule has 0 amide bonds. The molecule has 5 nitrogen and oxygen atoms in total. The van der Waals surface area contributed by atoms with E-state index in [4.69, 9.17) is 19.5 Å². The Morgan fingerprint density at radius 2 is 1.57 bits per heavy atom. The summed E-state index contributed by atoms with van der Waals surface area (Å²) in [7, 11) is 0. The molecule has 0 atom stereocenters. The highest BCUT2D eigenvalue weighted by Gasteiger charge is 2.05. The average Bonchev–Trinajstić information content (AvgIpc) is 2.59. The molecule has 0 fully saturated rings. The van der Waals surface area contributed by atoms with E-state index >= 15 is 0 Å². The Labute approximate surface area is 132 Å². The number of ether oxygens (including phenoxy) is 3. The molecule has 0 aliphatic rings. The smallest absolute Gasteiger partial charge is 0.344 e. The minimum absolute atomic E-state index is 0.0624. The maximum atomic E-state index is 12.7. The lowest BCUT2D eigenvalue weighted by Gasteiger charge is -2.08. The number of esters is 1. The van der Waals surface area contributed by atoms with Crippen LogP contribution in [0.4, 0.5) is 4.39 Å². The van der Waals surface area contributed by atoms with E-state index in [-0.39, 0.29) is 25.6 Å². The van der Waals surface area contributed by atoms with Gasteiger partial charge in [-0.25, -0.2) is 9.18 Å². The Morgan fingerprint density at radius 3 is 2.22 bits per heavy atom. The van der Waals surface area contributed by atoms with Crippen LogP contribution in [-0.2, 0) is 9.53 Å². The molecule has 0 saturated carbocycles. The fourth-order valence-electron chi connectivity index (χ4n) is 1.66. The number of rotatable bonds is 7. The molecule has 2 aromatic rings. The standard InChI is InChI=1S/C17H14FNO4/c18-14-3-7-15(8-4-14)21-9-10-22-17(20)12-23-16-5-1-13(11-19)2-6-16/h1-8H,9-10,12H2. The highest BCUT2D eigenvalue weighted by molar-refractivity contribution is 5.71. The summed E-state index contributed by atoms with van der Waals surface area (Å²) in [6, 6.07) is 13.9. The third-order valence-electron chi connectivity index (χ3n) is 2.77. The maximum absolute atomic E-state index is 12.7. The molecule has 0 aliphatic carbocycles. The SMILES string of the molecule is N#Cc1ccc(OCC(=O)OCCOc2ccc(F)cc2)cc1. The fraction of sp³-hybridized carbons (Fsp3) is 0.176.